The first-order valence-corrected chi connectivity index (χ1v) is 12.4. The monoisotopic (exact) mass is 534 g/mol. The highest BCUT2D eigenvalue weighted by atomic mass is 35.5. The van der Waals surface area contributed by atoms with E-state index in [1.54, 1.807) is 41.3 Å². The minimum absolute atomic E-state index is 0.0116. The second-order valence-corrected chi connectivity index (χ2v) is 9.78. The average Bonchev–Trinajstić information content (AvgIpc) is 3.29. The highest BCUT2D eigenvalue weighted by Gasteiger charge is 2.64. The number of fused-ring (bicyclic) bond motifs is 5. The quantitative estimate of drug-likeness (QED) is 0.360. The van der Waals surface area contributed by atoms with Crippen LogP contribution in [0.3, 0.4) is 0 Å². The van der Waals surface area contributed by atoms with Crippen molar-refractivity contribution in [3.63, 3.8) is 0 Å². The molecule has 1 atom stereocenters. The lowest BCUT2D eigenvalue weighted by molar-refractivity contribution is -0.126. The number of carbonyl (C=O) groups is 2. The number of nitrogens with zero attached hydrogens (tertiary/aromatic N) is 2. The second kappa shape index (κ2) is 8.73. The van der Waals surface area contributed by atoms with E-state index in [2.05, 4.69) is 0 Å². The summed E-state index contributed by atoms with van der Waals surface area (Å²) in [6, 6.07) is 19.0. The molecule has 1 aromatic heterocycles. The number of hydrogen-bond acceptors (Lipinski definition) is 5. The van der Waals surface area contributed by atoms with Gasteiger partial charge in [-0.25, -0.2) is 0 Å². The molecule has 0 saturated carbocycles. The standard InChI is InChI=1S/C28H20Cl2N2O5/c1-36-13-12-32-26(34)25-23(24(33)18-14-17(29)10-11-22(18)37-25)28(32)19-7-3-5-9-21(19)31(27(28)35)15-16-6-2-4-8-20(16)30/h2-11,14H,12-13,15H2,1H3. The van der Waals surface area contributed by atoms with Crippen LogP contribution < -0.4 is 10.3 Å². The van der Waals surface area contributed by atoms with Crippen LogP contribution in [-0.2, 0) is 21.6 Å². The molecule has 7 nitrogen and oxygen atoms in total. The molecule has 4 aromatic rings. The van der Waals surface area contributed by atoms with Crippen LogP contribution in [-0.4, -0.2) is 37.0 Å². The Morgan fingerprint density at radius 1 is 0.973 bits per heavy atom. The fourth-order valence-corrected chi connectivity index (χ4v) is 5.77. The molecule has 0 bridgehead atoms. The summed E-state index contributed by atoms with van der Waals surface area (Å²) in [6.07, 6.45) is 0. The van der Waals surface area contributed by atoms with Crippen molar-refractivity contribution in [2.45, 2.75) is 12.1 Å². The van der Waals surface area contributed by atoms with Crippen molar-refractivity contribution in [2.24, 2.45) is 0 Å². The number of benzene rings is 3. The van der Waals surface area contributed by atoms with Gasteiger partial charge in [-0.05, 0) is 35.9 Å². The van der Waals surface area contributed by atoms with Gasteiger partial charge in [0.15, 0.2) is 11.0 Å². The van der Waals surface area contributed by atoms with E-state index < -0.39 is 22.8 Å². The number of methoxy groups -OCH3 is 1. The van der Waals surface area contributed by atoms with Gasteiger partial charge in [-0.2, -0.15) is 0 Å². The Balaban J connectivity index is 1.66. The molecule has 186 valence electrons. The molecule has 37 heavy (non-hydrogen) atoms. The van der Waals surface area contributed by atoms with Crippen molar-refractivity contribution in [1.82, 2.24) is 4.90 Å². The van der Waals surface area contributed by atoms with Crippen LogP contribution in [0.4, 0.5) is 5.69 Å². The summed E-state index contributed by atoms with van der Waals surface area (Å²) in [4.78, 5) is 45.4. The van der Waals surface area contributed by atoms with E-state index >= 15 is 0 Å². The van der Waals surface area contributed by atoms with Gasteiger partial charge in [-0.3, -0.25) is 14.4 Å². The topological polar surface area (TPSA) is 80.1 Å². The fourth-order valence-electron chi connectivity index (χ4n) is 5.40. The number of hydrogen-bond donors (Lipinski definition) is 0. The number of carbonyl (C=O) groups excluding carboxylic acids is 2. The largest absolute Gasteiger partial charge is 0.450 e. The molecule has 0 fully saturated rings. The maximum absolute atomic E-state index is 14.6. The molecule has 3 aromatic carbocycles. The Bertz CT molecular complexity index is 1670. The van der Waals surface area contributed by atoms with Crippen molar-refractivity contribution in [1.29, 1.82) is 0 Å². The van der Waals surface area contributed by atoms with E-state index in [9.17, 15) is 14.4 Å². The predicted molar refractivity (Wildman–Crippen MR) is 140 cm³/mol. The minimum atomic E-state index is -1.72. The van der Waals surface area contributed by atoms with Gasteiger partial charge >= 0.3 is 0 Å². The Morgan fingerprint density at radius 2 is 1.73 bits per heavy atom. The molecule has 0 N–H and O–H groups in total. The van der Waals surface area contributed by atoms with Gasteiger partial charge in [-0.1, -0.05) is 59.6 Å². The Morgan fingerprint density at radius 3 is 2.51 bits per heavy atom. The molecule has 6 rings (SSSR count). The van der Waals surface area contributed by atoms with Gasteiger partial charge < -0.3 is 19.0 Å². The molecule has 0 saturated heterocycles. The number of para-hydroxylation sites is 1. The Labute approximate surface area is 221 Å². The zero-order valence-electron chi connectivity index (χ0n) is 19.7. The van der Waals surface area contributed by atoms with Crippen molar-refractivity contribution in [3.05, 3.63) is 109 Å². The van der Waals surface area contributed by atoms with Crippen LogP contribution in [0.5, 0.6) is 0 Å². The summed E-state index contributed by atoms with van der Waals surface area (Å²) >= 11 is 12.6. The van der Waals surface area contributed by atoms with E-state index in [1.807, 2.05) is 24.3 Å². The first-order chi connectivity index (χ1) is 17.9. The van der Waals surface area contributed by atoms with Gasteiger partial charge in [0.25, 0.3) is 11.8 Å². The normalized spacial score (nSPS) is 18.2. The maximum atomic E-state index is 14.6. The van der Waals surface area contributed by atoms with E-state index in [4.69, 9.17) is 32.4 Å². The lowest BCUT2D eigenvalue weighted by Gasteiger charge is -2.34. The third kappa shape index (κ3) is 3.28. The summed E-state index contributed by atoms with van der Waals surface area (Å²) in [6.45, 7) is 0.376. The molecule has 1 unspecified atom stereocenters. The van der Waals surface area contributed by atoms with Crippen molar-refractivity contribution in [2.75, 3.05) is 25.2 Å². The summed E-state index contributed by atoms with van der Waals surface area (Å²) in [5.41, 5.74) is -0.159. The van der Waals surface area contributed by atoms with Gasteiger partial charge in [-0.15, -0.1) is 0 Å². The fraction of sp³-hybridized carbons (Fsp3) is 0.179. The number of anilines is 1. The summed E-state index contributed by atoms with van der Waals surface area (Å²) in [5.74, 6) is -1.15. The molecule has 2 aliphatic rings. The molecule has 3 heterocycles. The Hall–Kier alpha value is -3.65. The van der Waals surface area contributed by atoms with E-state index in [1.165, 1.54) is 18.1 Å². The second-order valence-electron chi connectivity index (χ2n) is 8.94. The van der Waals surface area contributed by atoms with Gasteiger partial charge in [0.05, 0.1) is 29.8 Å². The SMILES string of the molecule is COCCN1C(=O)c2oc3ccc(Cl)cc3c(=O)c2C12C(=O)N(Cc1ccccc1Cl)c1ccccc12. The molecule has 1 spiro atoms. The van der Waals surface area contributed by atoms with Crippen molar-refractivity contribution >= 4 is 51.7 Å². The molecular formula is C28H20Cl2N2O5. The number of ether oxygens (including phenoxy) is 1. The summed E-state index contributed by atoms with van der Waals surface area (Å²) in [5, 5.41) is 1.04. The summed E-state index contributed by atoms with van der Waals surface area (Å²) < 4.78 is 11.3. The van der Waals surface area contributed by atoms with Gasteiger partial charge in [0, 0.05) is 29.3 Å². The first-order valence-electron chi connectivity index (χ1n) is 11.6. The molecule has 2 aliphatic heterocycles. The predicted octanol–water partition coefficient (Wildman–Crippen LogP) is 4.99. The number of halogens is 2. The average molecular weight is 535 g/mol. The van der Waals surface area contributed by atoms with Crippen LogP contribution >= 0.6 is 23.2 Å². The highest BCUT2D eigenvalue weighted by Crippen LogP contribution is 2.53. The lowest BCUT2D eigenvalue weighted by atomic mass is 9.84. The molecule has 0 aliphatic carbocycles. The van der Waals surface area contributed by atoms with Crippen molar-refractivity contribution < 1.29 is 18.7 Å². The third-order valence-electron chi connectivity index (χ3n) is 7.00. The molecule has 2 amide bonds. The minimum Gasteiger partial charge on any atom is -0.450 e. The molecular weight excluding hydrogens is 515 g/mol. The highest BCUT2D eigenvalue weighted by molar-refractivity contribution is 6.31. The number of rotatable bonds is 5. The number of amides is 2. The van der Waals surface area contributed by atoms with Crippen LogP contribution in [0.25, 0.3) is 11.0 Å². The van der Waals surface area contributed by atoms with Crippen LogP contribution in [0.2, 0.25) is 10.0 Å². The lowest BCUT2D eigenvalue weighted by Crippen LogP contribution is -2.54. The molecule has 0 radical (unpaired) electrons. The summed E-state index contributed by atoms with van der Waals surface area (Å²) in [7, 11) is 1.51. The molecule has 9 heteroatoms. The Kier molecular flexibility index (Phi) is 5.60. The zero-order valence-corrected chi connectivity index (χ0v) is 21.2. The van der Waals surface area contributed by atoms with Gasteiger partial charge in [0.2, 0.25) is 5.76 Å². The van der Waals surface area contributed by atoms with E-state index in [0.717, 1.165) is 5.56 Å². The van der Waals surface area contributed by atoms with Crippen LogP contribution in [0, 0.1) is 0 Å². The third-order valence-corrected chi connectivity index (χ3v) is 7.61. The van der Waals surface area contributed by atoms with Gasteiger partial charge in [0.1, 0.15) is 5.58 Å². The first kappa shape index (κ1) is 23.7. The van der Waals surface area contributed by atoms with Crippen LogP contribution in [0.15, 0.2) is 75.9 Å². The smallest absolute Gasteiger partial charge is 0.291 e. The van der Waals surface area contributed by atoms with Crippen LogP contribution in [0.1, 0.15) is 27.2 Å². The van der Waals surface area contributed by atoms with E-state index in [-0.39, 0.29) is 42.0 Å². The van der Waals surface area contributed by atoms with Crippen molar-refractivity contribution in [3.8, 4) is 0 Å². The van der Waals surface area contributed by atoms with E-state index in [0.29, 0.717) is 21.3 Å². The maximum Gasteiger partial charge on any atom is 0.291 e. The zero-order chi connectivity index (χ0) is 25.9.